The predicted molar refractivity (Wildman–Crippen MR) is 67.1 cm³/mol. The molecule has 1 aromatic rings. The van der Waals surface area contributed by atoms with Gasteiger partial charge in [0.15, 0.2) is 5.75 Å². The normalized spacial score (nSPS) is 11.7. The minimum Gasteiger partial charge on any atom is -0.432 e. The van der Waals surface area contributed by atoms with E-state index < -0.39 is 30.0 Å². The minimum absolute atomic E-state index is 0. The van der Waals surface area contributed by atoms with Crippen LogP contribution in [-0.2, 0) is 4.79 Å². The number of carbonyl (C=O) groups excluding carboxylic acids is 1. The van der Waals surface area contributed by atoms with Crippen LogP contribution in [0.3, 0.4) is 0 Å². The van der Waals surface area contributed by atoms with Crippen LogP contribution in [0.1, 0.15) is 6.92 Å². The van der Waals surface area contributed by atoms with E-state index in [1.54, 1.807) is 6.92 Å². The van der Waals surface area contributed by atoms with Crippen LogP contribution in [0.25, 0.3) is 0 Å². The molecule has 0 heterocycles. The van der Waals surface area contributed by atoms with E-state index in [2.05, 4.69) is 10.1 Å². The van der Waals surface area contributed by atoms with Crippen LogP contribution in [-0.4, -0.2) is 19.1 Å². The Bertz CT molecular complexity index is 432. The molecule has 108 valence electrons. The van der Waals surface area contributed by atoms with Crippen molar-refractivity contribution in [3.8, 4) is 5.75 Å². The molecule has 1 aromatic carbocycles. The molecule has 0 aliphatic carbocycles. The van der Waals surface area contributed by atoms with Crippen LogP contribution < -0.4 is 15.8 Å². The number of hydrogen-bond donors (Lipinski definition) is 2. The smallest absolute Gasteiger partial charge is 0.387 e. The van der Waals surface area contributed by atoms with Crippen LogP contribution in [0.2, 0.25) is 0 Å². The molecular weight excluding hydrogens is 285 g/mol. The SMILES string of the molecule is CC(CN)C(=O)Nc1ccc(F)cc1OC(F)F.Cl. The zero-order valence-corrected chi connectivity index (χ0v) is 10.8. The standard InChI is InChI=1S/C11H13F3N2O2.ClH/c1-6(5-15)10(17)16-8-3-2-7(12)4-9(8)18-11(13)14;/h2-4,6,11H,5,15H2,1H3,(H,16,17);1H. The second-order valence-corrected chi connectivity index (χ2v) is 3.64. The van der Waals surface area contributed by atoms with Crippen molar-refractivity contribution in [1.82, 2.24) is 0 Å². The van der Waals surface area contributed by atoms with E-state index in [4.69, 9.17) is 5.73 Å². The van der Waals surface area contributed by atoms with Gasteiger partial charge in [-0.05, 0) is 12.1 Å². The van der Waals surface area contributed by atoms with Crippen LogP contribution in [0.15, 0.2) is 18.2 Å². The number of rotatable bonds is 5. The number of hydrogen-bond acceptors (Lipinski definition) is 3. The number of carbonyl (C=O) groups is 1. The number of nitrogens with two attached hydrogens (primary N) is 1. The van der Waals surface area contributed by atoms with Gasteiger partial charge in [-0.25, -0.2) is 4.39 Å². The van der Waals surface area contributed by atoms with E-state index in [1.165, 1.54) is 0 Å². The van der Waals surface area contributed by atoms with Crippen LogP contribution in [0.4, 0.5) is 18.9 Å². The van der Waals surface area contributed by atoms with Crippen molar-refractivity contribution in [3.63, 3.8) is 0 Å². The minimum atomic E-state index is -3.10. The van der Waals surface area contributed by atoms with Crippen LogP contribution in [0, 0.1) is 11.7 Å². The lowest BCUT2D eigenvalue weighted by atomic mass is 10.1. The predicted octanol–water partition coefficient (Wildman–Crippen LogP) is 2.38. The molecular formula is C11H14ClF3N2O2. The fourth-order valence-corrected chi connectivity index (χ4v) is 1.16. The summed E-state index contributed by atoms with van der Waals surface area (Å²) < 4.78 is 41.3. The number of ether oxygens (including phenoxy) is 1. The monoisotopic (exact) mass is 298 g/mol. The molecule has 0 radical (unpaired) electrons. The molecule has 1 rings (SSSR count). The molecule has 8 heteroatoms. The largest absolute Gasteiger partial charge is 0.432 e. The second kappa shape index (κ2) is 7.85. The van der Waals surface area contributed by atoms with Gasteiger partial charge in [0.05, 0.1) is 5.69 Å². The zero-order valence-electron chi connectivity index (χ0n) is 10.0. The first kappa shape index (κ1) is 17.5. The molecule has 4 nitrogen and oxygen atoms in total. The van der Waals surface area contributed by atoms with Gasteiger partial charge in [0, 0.05) is 18.5 Å². The molecule has 0 aliphatic rings. The summed E-state index contributed by atoms with van der Waals surface area (Å²) in [7, 11) is 0. The highest BCUT2D eigenvalue weighted by molar-refractivity contribution is 5.93. The molecule has 1 atom stereocenters. The number of benzene rings is 1. The summed E-state index contributed by atoms with van der Waals surface area (Å²) in [5, 5.41) is 2.35. The summed E-state index contributed by atoms with van der Waals surface area (Å²) in [5.41, 5.74) is 5.27. The first-order valence-corrected chi connectivity index (χ1v) is 5.19. The van der Waals surface area contributed by atoms with Gasteiger partial charge >= 0.3 is 6.61 Å². The van der Waals surface area contributed by atoms with Crippen molar-refractivity contribution in [2.75, 3.05) is 11.9 Å². The Balaban J connectivity index is 0.00000324. The van der Waals surface area contributed by atoms with Gasteiger partial charge in [-0.15, -0.1) is 12.4 Å². The summed E-state index contributed by atoms with van der Waals surface area (Å²) in [4.78, 5) is 11.5. The van der Waals surface area contributed by atoms with E-state index in [0.29, 0.717) is 0 Å². The van der Waals surface area contributed by atoms with Gasteiger partial charge in [-0.3, -0.25) is 4.79 Å². The van der Waals surface area contributed by atoms with Gasteiger partial charge in [0.2, 0.25) is 5.91 Å². The lowest BCUT2D eigenvalue weighted by Gasteiger charge is -2.14. The van der Waals surface area contributed by atoms with E-state index in [9.17, 15) is 18.0 Å². The van der Waals surface area contributed by atoms with Crippen molar-refractivity contribution < 1.29 is 22.7 Å². The van der Waals surface area contributed by atoms with Gasteiger partial charge in [0.25, 0.3) is 0 Å². The summed E-state index contributed by atoms with van der Waals surface area (Å²) in [6, 6.07) is 2.95. The number of alkyl halides is 2. The maximum Gasteiger partial charge on any atom is 0.387 e. The Morgan fingerprint density at radius 1 is 1.47 bits per heavy atom. The molecule has 0 aliphatic heterocycles. The summed E-state index contributed by atoms with van der Waals surface area (Å²) in [6.07, 6.45) is 0. The lowest BCUT2D eigenvalue weighted by Crippen LogP contribution is -2.27. The second-order valence-electron chi connectivity index (χ2n) is 3.64. The molecule has 0 saturated carbocycles. The topological polar surface area (TPSA) is 64.4 Å². The van der Waals surface area contributed by atoms with Crippen molar-refractivity contribution in [2.45, 2.75) is 13.5 Å². The van der Waals surface area contributed by atoms with Crippen molar-refractivity contribution in [1.29, 1.82) is 0 Å². The Kier molecular flexibility index (Phi) is 7.25. The number of halogens is 4. The van der Waals surface area contributed by atoms with E-state index in [0.717, 1.165) is 18.2 Å². The van der Waals surface area contributed by atoms with Gasteiger partial charge in [-0.2, -0.15) is 8.78 Å². The van der Waals surface area contributed by atoms with E-state index >= 15 is 0 Å². The van der Waals surface area contributed by atoms with Gasteiger partial charge < -0.3 is 15.8 Å². The molecule has 0 fully saturated rings. The van der Waals surface area contributed by atoms with Crippen LogP contribution in [0.5, 0.6) is 5.75 Å². The highest BCUT2D eigenvalue weighted by Gasteiger charge is 2.16. The van der Waals surface area contributed by atoms with Crippen molar-refractivity contribution >= 4 is 24.0 Å². The average Bonchev–Trinajstić information content (AvgIpc) is 2.30. The fraction of sp³-hybridized carbons (Fsp3) is 0.364. The summed E-state index contributed by atoms with van der Waals surface area (Å²) in [6.45, 7) is -1.42. The van der Waals surface area contributed by atoms with E-state index in [1.807, 2.05) is 0 Å². The maximum absolute atomic E-state index is 12.9. The van der Waals surface area contributed by atoms with Crippen LogP contribution >= 0.6 is 12.4 Å². The third kappa shape index (κ3) is 5.35. The Labute approximate surface area is 114 Å². The molecule has 0 aromatic heterocycles. The Hall–Kier alpha value is -1.47. The molecule has 0 bridgehead atoms. The Morgan fingerprint density at radius 2 is 2.11 bits per heavy atom. The fourth-order valence-electron chi connectivity index (χ4n) is 1.16. The van der Waals surface area contributed by atoms with Gasteiger partial charge in [-0.1, -0.05) is 6.92 Å². The summed E-state index contributed by atoms with van der Waals surface area (Å²) >= 11 is 0. The average molecular weight is 299 g/mol. The summed E-state index contributed by atoms with van der Waals surface area (Å²) in [5.74, 6) is -2.12. The van der Waals surface area contributed by atoms with E-state index in [-0.39, 0.29) is 24.6 Å². The molecule has 0 saturated heterocycles. The lowest BCUT2D eigenvalue weighted by molar-refractivity contribution is -0.119. The molecule has 19 heavy (non-hydrogen) atoms. The number of amides is 1. The zero-order chi connectivity index (χ0) is 13.7. The first-order chi connectivity index (χ1) is 8.43. The molecule has 1 amide bonds. The first-order valence-electron chi connectivity index (χ1n) is 5.19. The Morgan fingerprint density at radius 3 is 2.63 bits per heavy atom. The van der Waals surface area contributed by atoms with Crippen molar-refractivity contribution in [3.05, 3.63) is 24.0 Å². The van der Waals surface area contributed by atoms with Gasteiger partial charge in [0.1, 0.15) is 5.82 Å². The highest BCUT2D eigenvalue weighted by Crippen LogP contribution is 2.27. The molecule has 3 N–H and O–H groups in total. The quantitative estimate of drug-likeness (QED) is 0.877. The molecule has 0 spiro atoms. The molecule has 1 unspecified atom stereocenters. The highest BCUT2D eigenvalue weighted by atomic mass is 35.5. The number of anilines is 1. The third-order valence-corrected chi connectivity index (χ3v) is 2.22. The third-order valence-electron chi connectivity index (χ3n) is 2.22. The van der Waals surface area contributed by atoms with Crippen molar-refractivity contribution in [2.24, 2.45) is 11.7 Å². The number of nitrogens with one attached hydrogen (secondary N) is 1. The maximum atomic E-state index is 12.9.